The molecule has 1 aromatic carbocycles. The number of benzene rings is 1. The SMILES string of the molecule is COc1cc2nccc(N3CCC(C(C)C#N)CC3)c2cc1OCCOC1CCCCO1. The van der Waals surface area contributed by atoms with Gasteiger partial charge in [0.05, 0.1) is 25.3 Å². The first kappa shape index (κ1) is 22.6. The minimum Gasteiger partial charge on any atom is -0.493 e. The average Bonchev–Trinajstić information content (AvgIpc) is 2.86. The largest absolute Gasteiger partial charge is 0.493 e. The fourth-order valence-corrected chi connectivity index (χ4v) is 4.61. The summed E-state index contributed by atoms with van der Waals surface area (Å²) in [5.74, 6) is 1.93. The number of aromatic nitrogens is 1. The highest BCUT2D eigenvalue weighted by molar-refractivity contribution is 5.94. The van der Waals surface area contributed by atoms with Gasteiger partial charge in [0.1, 0.15) is 6.61 Å². The Bertz CT molecular complexity index is 931. The molecule has 32 heavy (non-hydrogen) atoms. The Balaban J connectivity index is 1.46. The third-order valence-electron chi connectivity index (χ3n) is 6.58. The van der Waals surface area contributed by atoms with Gasteiger partial charge >= 0.3 is 0 Å². The van der Waals surface area contributed by atoms with Gasteiger partial charge in [-0.2, -0.15) is 5.26 Å². The van der Waals surface area contributed by atoms with E-state index in [1.54, 1.807) is 7.11 Å². The molecular weight excluding hydrogens is 406 g/mol. The molecule has 3 heterocycles. The van der Waals surface area contributed by atoms with Crippen molar-refractivity contribution < 1.29 is 18.9 Å². The van der Waals surface area contributed by atoms with Crippen molar-refractivity contribution in [3.05, 3.63) is 24.4 Å². The molecule has 2 unspecified atom stereocenters. The van der Waals surface area contributed by atoms with Gasteiger partial charge in [0.2, 0.25) is 0 Å². The summed E-state index contributed by atoms with van der Waals surface area (Å²) in [7, 11) is 1.64. The number of hydrogen-bond donors (Lipinski definition) is 0. The van der Waals surface area contributed by atoms with Gasteiger partial charge in [0, 0.05) is 49.0 Å². The lowest BCUT2D eigenvalue weighted by Gasteiger charge is -2.35. The molecule has 0 spiro atoms. The molecule has 0 radical (unpaired) electrons. The zero-order chi connectivity index (χ0) is 22.3. The summed E-state index contributed by atoms with van der Waals surface area (Å²) in [6.07, 6.45) is 6.98. The lowest BCUT2D eigenvalue weighted by Crippen LogP contribution is -2.35. The van der Waals surface area contributed by atoms with Gasteiger partial charge in [-0.15, -0.1) is 0 Å². The molecule has 1 aromatic heterocycles. The Kier molecular flexibility index (Phi) is 7.67. The Morgan fingerprint density at radius 1 is 1.19 bits per heavy atom. The molecule has 2 fully saturated rings. The van der Waals surface area contributed by atoms with Crippen LogP contribution in [0, 0.1) is 23.2 Å². The maximum atomic E-state index is 9.24. The first-order chi connectivity index (χ1) is 15.7. The Morgan fingerprint density at radius 2 is 2.03 bits per heavy atom. The van der Waals surface area contributed by atoms with E-state index in [1.807, 2.05) is 25.3 Å². The van der Waals surface area contributed by atoms with E-state index in [2.05, 4.69) is 22.0 Å². The van der Waals surface area contributed by atoms with E-state index in [4.69, 9.17) is 18.9 Å². The second-order valence-corrected chi connectivity index (χ2v) is 8.61. The van der Waals surface area contributed by atoms with Crippen LogP contribution in [0.2, 0.25) is 0 Å². The topological polar surface area (TPSA) is 76.8 Å². The molecule has 0 bridgehead atoms. The van der Waals surface area contributed by atoms with Crippen LogP contribution in [0.15, 0.2) is 24.4 Å². The minimum absolute atomic E-state index is 0.108. The molecule has 0 amide bonds. The zero-order valence-electron chi connectivity index (χ0n) is 19.1. The van der Waals surface area contributed by atoms with Crippen LogP contribution in [0.4, 0.5) is 5.69 Å². The van der Waals surface area contributed by atoms with E-state index in [1.165, 1.54) is 0 Å². The molecule has 2 aliphatic heterocycles. The summed E-state index contributed by atoms with van der Waals surface area (Å²) in [4.78, 5) is 6.95. The van der Waals surface area contributed by atoms with Crippen molar-refractivity contribution in [3.63, 3.8) is 0 Å². The highest BCUT2D eigenvalue weighted by atomic mass is 16.7. The molecule has 2 aromatic rings. The number of piperidine rings is 1. The number of anilines is 1. The monoisotopic (exact) mass is 439 g/mol. The number of hydrogen-bond acceptors (Lipinski definition) is 7. The van der Waals surface area contributed by atoms with Crippen LogP contribution >= 0.6 is 0 Å². The van der Waals surface area contributed by atoms with Crippen LogP contribution < -0.4 is 14.4 Å². The third-order valence-corrected chi connectivity index (χ3v) is 6.58. The van der Waals surface area contributed by atoms with Crippen LogP contribution in [0.3, 0.4) is 0 Å². The van der Waals surface area contributed by atoms with E-state index in [0.29, 0.717) is 30.6 Å². The van der Waals surface area contributed by atoms with Gasteiger partial charge in [-0.3, -0.25) is 4.98 Å². The van der Waals surface area contributed by atoms with E-state index >= 15 is 0 Å². The predicted octanol–water partition coefficient (Wildman–Crippen LogP) is 4.54. The number of nitriles is 1. The maximum Gasteiger partial charge on any atom is 0.162 e. The molecule has 2 atom stereocenters. The standard InChI is InChI=1S/C25H33N3O4/c1-18(17-26)19-7-10-28(11-8-19)22-6-9-27-21-16-23(29-2)24(15-20(21)22)30-13-14-32-25-5-3-4-12-31-25/h6,9,15-16,18-19,25H,3-5,7-8,10-14H2,1-2H3. The van der Waals surface area contributed by atoms with Crippen LogP contribution in [0.5, 0.6) is 11.5 Å². The highest BCUT2D eigenvalue weighted by Crippen LogP contribution is 2.37. The van der Waals surface area contributed by atoms with Gasteiger partial charge in [0.15, 0.2) is 17.8 Å². The van der Waals surface area contributed by atoms with Gasteiger partial charge < -0.3 is 23.8 Å². The van der Waals surface area contributed by atoms with Gasteiger partial charge in [-0.1, -0.05) is 0 Å². The molecule has 4 rings (SSSR count). The summed E-state index contributed by atoms with van der Waals surface area (Å²) >= 11 is 0. The number of pyridine rings is 1. The first-order valence-corrected chi connectivity index (χ1v) is 11.7. The second-order valence-electron chi connectivity index (χ2n) is 8.61. The quantitative estimate of drug-likeness (QED) is 0.559. The van der Waals surface area contributed by atoms with Crippen LogP contribution in [-0.4, -0.2) is 51.3 Å². The van der Waals surface area contributed by atoms with Crippen molar-refractivity contribution in [3.8, 4) is 17.6 Å². The summed E-state index contributed by atoms with van der Waals surface area (Å²) in [6, 6.07) is 8.43. The summed E-state index contributed by atoms with van der Waals surface area (Å²) < 4.78 is 23.0. The minimum atomic E-state index is -0.117. The number of nitrogens with zero attached hydrogens (tertiary/aromatic N) is 3. The molecule has 2 aliphatic rings. The summed E-state index contributed by atoms with van der Waals surface area (Å²) in [5.41, 5.74) is 2.03. The normalized spacial score (nSPS) is 20.7. The number of rotatable bonds is 8. The number of ether oxygens (including phenoxy) is 4. The van der Waals surface area contributed by atoms with Crippen LogP contribution in [-0.2, 0) is 9.47 Å². The van der Waals surface area contributed by atoms with E-state index < -0.39 is 0 Å². The van der Waals surface area contributed by atoms with Crippen molar-refractivity contribution in [1.29, 1.82) is 5.26 Å². The highest BCUT2D eigenvalue weighted by Gasteiger charge is 2.25. The van der Waals surface area contributed by atoms with E-state index in [-0.39, 0.29) is 12.2 Å². The molecule has 7 heteroatoms. The zero-order valence-corrected chi connectivity index (χ0v) is 19.1. The second kappa shape index (κ2) is 10.8. The molecule has 0 N–H and O–H groups in total. The summed E-state index contributed by atoms with van der Waals surface area (Å²) in [6.45, 7) is 5.57. The van der Waals surface area contributed by atoms with Gasteiger partial charge in [0.25, 0.3) is 0 Å². The Morgan fingerprint density at radius 3 is 2.75 bits per heavy atom. The van der Waals surface area contributed by atoms with E-state index in [9.17, 15) is 5.26 Å². The average molecular weight is 440 g/mol. The smallest absolute Gasteiger partial charge is 0.162 e. The Hall–Kier alpha value is -2.56. The van der Waals surface area contributed by atoms with Gasteiger partial charge in [-0.05, 0) is 57.1 Å². The summed E-state index contributed by atoms with van der Waals surface area (Å²) in [5, 5.41) is 10.3. The Labute approximate surface area is 190 Å². The fourth-order valence-electron chi connectivity index (χ4n) is 4.61. The maximum absolute atomic E-state index is 9.24. The molecular formula is C25H33N3O4. The molecule has 0 aliphatic carbocycles. The molecule has 2 saturated heterocycles. The number of methoxy groups -OCH3 is 1. The molecule has 172 valence electrons. The van der Waals surface area contributed by atoms with Crippen molar-refractivity contribution >= 4 is 16.6 Å². The van der Waals surface area contributed by atoms with Crippen molar-refractivity contribution in [2.45, 2.75) is 45.3 Å². The molecule has 7 nitrogen and oxygen atoms in total. The van der Waals surface area contributed by atoms with Crippen LogP contribution in [0.1, 0.15) is 39.0 Å². The van der Waals surface area contributed by atoms with E-state index in [0.717, 1.165) is 68.4 Å². The predicted molar refractivity (Wildman–Crippen MR) is 123 cm³/mol. The first-order valence-electron chi connectivity index (χ1n) is 11.7. The third kappa shape index (κ3) is 5.25. The van der Waals surface area contributed by atoms with Crippen molar-refractivity contribution in [2.75, 3.05) is 44.9 Å². The van der Waals surface area contributed by atoms with Gasteiger partial charge in [-0.25, -0.2) is 0 Å². The fraction of sp³-hybridized carbons (Fsp3) is 0.600. The number of fused-ring (bicyclic) bond motifs is 1. The van der Waals surface area contributed by atoms with Crippen molar-refractivity contribution in [1.82, 2.24) is 4.98 Å². The van der Waals surface area contributed by atoms with Crippen molar-refractivity contribution in [2.24, 2.45) is 11.8 Å². The lowest BCUT2D eigenvalue weighted by molar-refractivity contribution is -0.165. The lowest BCUT2D eigenvalue weighted by atomic mass is 9.86. The molecule has 0 saturated carbocycles. The van der Waals surface area contributed by atoms with Crippen LogP contribution in [0.25, 0.3) is 10.9 Å².